The summed E-state index contributed by atoms with van der Waals surface area (Å²) in [7, 11) is -3.37. The van der Waals surface area contributed by atoms with Crippen molar-refractivity contribution in [3.63, 3.8) is 0 Å². The van der Waals surface area contributed by atoms with Crippen molar-refractivity contribution in [2.45, 2.75) is 33.2 Å². The van der Waals surface area contributed by atoms with Crippen molar-refractivity contribution in [1.29, 1.82) is 0 Å². The molecule has 0 saturated heterocycles. The zero-order valence-electron chi connectivity index (χ0n) is 16.5. The zero-order valence-corrected chi connectivity index (χ0v) is 17.3. The molecule has 2 aromatic carbocycles. The highest BCUT2D eigenvalue weighted by atomic mass is 32.2. The SMILES string of the molecule is CC(C)(C)C(=O)N1N=C(c2cccc(NS(C)(=O)=O)c2)CC1c1ccccc1. The molecule has 1 aliphatic rings. The average Bonchev–Trinajstić information content (AvgIpc) is 3.05. The summed E-state index contributed by atoms with van der Waals surface area (Å²) in [6.07, 6.45) is 1.68. The Bertz CT molecular complexity index is 1010. The lowest BCUT2D eigenvalue weighted by molar-refractivity contribution is -0.141. The third-order valence-corrected chi connectivity index (χ3v) is 5.05. The molecular formula is C21H25N3O3S. The van der Waals surface area contributed by atoms with E-state index in [0.717, 1.165) is 23.1 Å². The number of hydrogen-bond donors (Lipinski definition) is 1. The number of carbonyl (C=O) groups excluding carboxylic acids is 1. The third-order valence-electron chi connectivity index (χ3n) is 4.44. The van der Waals surface area contributed by atoms with E-state index in [9.17, 15) is 13.2 Å². The van der Waals surface area contributed by atoms with Crippen LogP contribution in [0.25, 0.3) is 0 Å². The van der Waals surface area contributed by atoms with E-state index < -0.39 is 15.4 Å². The van der Waals surface area contributed by atoms with Crippen LogP contribution in [-0.4, -0.2) is 31.3 Å². The molecule has 1 atom stereocenters. The van der Waals surface area contributed by atoms with Crippen molar-refractivity contribution in [3.8, 4) is 0 Å². The van der Waals surface area contributed by atoms with Crippen LogP contribution in [0.4, 0.5) is 5.69 Å². The van der Waals surface area contributed by atoms with E-state index in [1.54, 1.807) is 23.2 Å². The van der Waals surface area contributed by atoms with Crippen molar-refractivity contribution in [1.82, 2.24) is 5.01 Å². The first-order chi connectivity index (χ1) is 13.0. The van der Waals surface area contributed by atoms with Crippen LogP contribution >= 0.6 is 0 Å². The Morgan fingerprint density at radius 2 is 1.79 bits per heavy atom. The van der Waals surface area contributed by atoms with Crippen molar-refractivity contribution in [2.24, 2.45) is 10.5 Å². The van der Waals surface area contributed by atoms with Crippen molar-refractivity contribution < 1.29 is 13.2 Å². The molecule has 0 bridgehead atoms. The van der Waals surface area contributed by atoms with Crippen LogP contribution in [0.2, 0.25) is 0 Å². The first-order valence-electron chi connectivity index (χ1n) is 9.09. The molecule has 1 unspecified atom stereocenters. The third kappa shape index (κ3) is 4.59. The molecule has 0 spiro atoms. The lowest BCUT2D eigenvalue weighted by atomic mass is 9.93. The Labute approximate surface area is 166 Å². The molecule has 28 heavy (non-hydrogen) atoms. The van der Waals surface area contributed by atoms with Gasteiger partial charge in [-0.3, -0.25) is 9.52 Å². The van der Waals surface area contributed by atoms with Gasteiger partial charge >= 0.3 is 0 Å². The fourth-order valence-electron chi connectivity index (χ4n) is 3.13. The van der Waals surface area contributed by atoms with Gasteiger partial charge in [-0.25, -0.2) is 13.4 Å². The number of sulfonamides is 1. The number of hydrogen-bond acceptors (Lipinski definition) is 4. The lowest BCUT2D eigenvalue weighted by Gasteiger charge is -2.28. The molecule has 0 saturated carbocycles. The second-order valence-corrected chi connectivity index (χ2v) is 9.78. The van der Waals surface area contributed by atoms with Crippen LogP contribution in [0.3, 0.4) is 0 Å². The largest absolute Gasteiger partial charge is 0.284 e. The highest BCUT2D eigenvalue weighted by molar-refractivity contribution is 7.92. The number of amides is 1. The second-order valence-electron chi connectivity index (χ2n) is 8.03. The van der Waals surface area contributed by atoms with Gasteiger partial charge in [0.2, 0.25) is 15.9 Å². The maximum absolute atomic E-state index is 13.0. The Morgan fingerprint density at radius 1 is 1.11 bits per heavy atom. The molecule has 1 amide bonds. The number of nitrogens with zero attached hydrogens (tertiary/aromatic N) is 2. The van der Waals surface area contributed by atoms with E-state index in [-0.39, 0.29) is 11.9 Å². The van der Waals surface area contributed by atoms with E-state index in [2.05, 4.69) is 9.82 Å². The van der Waals surface area contributed by atoms with Crippen LogP contribution < -0.4 is 4.72 Å². The molecule has 1 heterocycles. The quantitative estimate of drug-likeness (QED) is 0.850. The summed E-state index contributed by atoms with van der Waals surface area (Å²) in [4.78, 5) is 13.0. The molecule has 3 rings (SSSR count). The Balaban J connectivity index is 1.98. The van der Waals surface area contributed by atoms with Crippen LogP contribution in [-0.2, 0) is 14.8 Å². The van der Waals surface area contributed by atoms with Gasteiger partial charge in [-0.2, -0.15) is 5.10 Å². The van der Waals surface area contributed by atoms with E-state index in [4.69, 9.17) is 0 Å². The molecule has 0 aliphatic carbocycles. The van der Waals surface area contributed by atoms with Gasteiger partial charge in [-0.1, -0.05) is 63.2 Å². The van der Waals surface area contributed by atoms with Gasteiger partial charge in [0.15, 0.2) is 0 Å². The van der Waals surface area contributed by atoms with Gasteiger partial charge in [-0.05, 0) is 23.3 Å². The van der Waals surface area contributed by atoms with Gasteiger partial charge in [-0.15, -0.1) is 0 Å². The van der Waals surface area contributed by atoms with Crippen LogP contribution in [0.15, 0.2) is 59.7 Å². The van der Waals surface area contributed by atoms with E-state index >= 15 is 0 Å². The summed E-state index contributed by atoms with van der Waals surface area (Å²) < 4.78 is 25.5. The second kappa shape index (κ2) is 7.39. The molecule has 1 N–H and O–H groups in total. The van der Waals surface area contributed by atoms with Crippen molar-refractivity contribution in [2.75, 3.05) is 11.0 Å². The van der Waals surface area contributed by atoms with E-state index in [1.165, 1.54) is 0 Å². The summed E-state index contributed by atoms with van der Waals surface area (Å²) in [5.41, 5.74) is 2.47. The maximum atomic E-state index is 13.0. The summed E-state index contributed by atoms with van der Waals surface area (Å²) >= 11 is 0. The average molecular weight is 400 g/mol. The van der Waals surface area contributed by atoms with Crippen LogP contribution in [0, 0.1) is 5.41 Å². The molecule has 0 fully saturated rings. The molecule has 6 nitrogen and oxygen atoms in total. The molecule has 1 aliphatic heterocycles. The van der Waals surface area contributed by atoms with Gasteiger partial charge in [0.25, 0.3) is 0 Å². The summed E-state index contributed by atoms with van der Waals surface area (Å²) in [5, 5.41) is 6.21. The fraction of sp³-hybridized carbons (Fsp3) is 0.333. The number of carbonyl (C=O) groups is 1. The minimum absolute atomic E-state index is 0.0539. The molecular weight excluding hydrogens is 374 g/mol. The van der Waals surface area contributed by atoms with Gasteiger partial charge < -0.3 is 0 Å². The molecule has 7 heteroatoms. The van der Waals surface area contributed by atoms with Crippen LogP contribution in [0.5, 0.6) is 0 Å². The fourth-order valence-corrected chi connectivity index (χ4v) is 3.68. The van der Waals surface area contributed by atoms with Gasteiger partial charge in [0.1, 0.15) is 0 Å². The summed E-state index contributed by atoms with van der Waals surface area (Å²) in [5.74, 6) is -0.0539. The zero-order chi connectivity index (χ0) is 20.5. The number of anilines is 1. The highest BCUT2D eigenvalue weighted by Gasteiger charge is 2.37. The monoisotopic (exact) mass is 399 g/mol. The normalized spacial score (nSPS) is 17.4. The Kier molecular flexibility index (Phi) is 5.30. The summed E-state index contributed by atoms with van der Waals surface area (Å²) in [6, 6.07) is 16.7. The smallest absolute Gasteiger partial charge is 0.248 e. The molecule has 148 valence electrons. The van der Waals surface area contributed by atoms with Crippen molar-refractivity contribution in [3.05, 3.63) is 65.7 Å². The summed E-state index contributed by atoms with van der Waals surface area (Å²) in [6.45, 7) is 5.63. The maximum Gasteiger partial charge on any atom is 0.248 e. The van der Waals surface area contributed by atoms with Gasteiger partial charge in [0.05, 0.1) is 18.0 Å². The molecule has 0 radical (unpaired) electrons. The first-order valence-corrected chi connectivity index (χ1v) is 11.0. The van der Waals surface area contributed by atoms with Gasteiger partial charge in [0, 0.05) is 17.5 Å². The molecule has 0 aromatic heterocycles. The minimum atomic E-state index is -3.37. The first kappa shape index (κ1) is 20.1. The highest BCUT2D eigenvalue weighted by Crippen LogP contribution is 2.36. The number of rotatable bonds is 4. The minimum Gasteiger partial charge on any atom is -0.284 e. The number of benzene rings is 2. The number of nitrogens with one attached hydrogen (secondary N) is 1. The molecule has 2 aromatic rings. The topological polar surface area (TPSA) is 78.8 Å². The van der Waals surface area contributed by atoms with E-state index in [0.29, 0.717) is 12.1 Å². The van der Waals surface area contributed by atoms with Crippen molar-refractivity contribution >= 4 is 27.3 Å². The predicted octanol–water partition coefficient (Wildman–Crippen LogP) is 3.78. The van der Waals surface area contributed by atoms with E-state index in [1.807, 2.05) is 57.2 Å². The standard InChI is InChI=1S/C21H25N3O3S/c1-21(2,3)20(25)24-19(15-9-6-5-7-10-15)14-18(22-24)16-11-8-12-17(13-16)23-28(4,26)27/h5-13,19,23H,14H2,1-4H3. The van der Waals surface area contributed by atoms with Crippen LogP contribution in [0.1, 0.15) is 44.4 Å². The lowest BCUT2D eigenvalue weighted by Crippen LogP contribution is -2.36. The Hall–Kier alpha value is -2.67. The predicted molar refractivity (Wildman–Crippen MR) is 112 cm³/mol. The Morgan fingerprint density at radius 3 is 2.39 bits per heavy atom. The number of hydrazone groups is 1.